The highest BCUT2D eigenvalue weighted by Crippen LogP contribution is 2.20. The molecule has 1 rings (SSSR count). The van der Waals surface area contributed by atoms with Crippen LogP contribution in [-0.2, 0) is 4.74 Å². The molecule has 0 heterocycles. The van der Waals surface area contributed by atoms with Crippen molar-refractivity contribution >= 4 is 5.97 Å². The predicted molar refractivity (Wildman–Crippen MR) is 201 cm³/mol. The van der Waals surface area contributed by atoms with Crippen LogP contribution in [-0.4, -0.2) is 19.2 Å². The molecule has 0 N–H and O–H groups in total. The van der Waals surface area contributed by atoms with Crippen molar-refractivity contribution in [2.45, 2.75) is 194 Å². The van der Waals surface area contributed by atoms with Crippen molar-refractivity contribution in [3.8, 4) is 5.75 Å². The molecule has 0 fully saturated rings. The lowest BCUT2D eigenvalue weighted by molar-refractivity contribution is 0.0493. The van der Waals surface area contributed by atoms with Crippen LogP contribution < -0.4 is 4.74 Å². The Hall–Kier alpha value is -2.03. The third-order valence-electron chi connectivity index (χ3n) is 8.91. The summed E-state index contributed by atoms with van der Waals surface area (Å²) < 4.78 is 11.6. The fourth-order valence-corrected chi connectivity index (χ4v) is 5.89. The second kappa shape index (κ2) is 34.3. The lowest BCUT2D eigenvalue weighted by Gasteiger charge is -2.11. The fourth-order valence-electron chi connectivity index (χ4n) is 5.89. The minimum absolute atomic E-state index is 0.260. The number of carbonyl (C=O) groups is 1. The minimum atomic E-state index is -0.260. The summed E-state index contributed by atoms with van der Waals surface area (Å²) in [6, 6.07) is 7.53. The molecular formula is C43H74O3. The van der Waals surface area contributed by atoms with Crippen molar-refractivity contribution < 1.29 is 14.3 Å². The van der Waals surface area contributed by atoms with Gasteiger partial charge in [0.25, 0.3) is 0 Å². The highest BCUT2D eigenvalue weighted by Gasteiger charge is 2.13. The Balaban J connectivity index is 1.97. The van der Waals surface area contributed by atoms with Gasteiger partial charge < -0.3 is 9.47 Å². The molecule has 0 aliphatic rings. The Labute approximate surface area is 286 Å². The summed E-state index contributed by atoms with van der Waals surface area (Å²) in [5.74, 6) is 0.394. The van der Waals surface area contributed by atoms with E-state index < -0.39 is 0 Å². The number of rotatable bonds is 34. The second-order valence-electron chi connectivity index (χ2n) is 13.4. The van der Waals surface area contributed by atoms with Crippen LogP contribution in [0.2, 0.25) is 0 Å². The number of ether oxygens (including phenoxy) is 2. The molecule has 0 saturated carbocycles. The number of benzene rings is 1. The molecule has 0 atom stereocenters. The van der Waals surface area contributed by atoms with Crippen molar-refractivity contribution in [2.24, 2.45) is 0 Å². The van der Waals surface area contributed by atoms with E-state index in [9.17, 15) is 4.79 Å². The number of allylic oxidation sites excluding steroid dienone is 4. The van der Waals surface area contributed by atoms with E-state index in [1.807, 2.05) is 24.3 Å². The lowest BCUT2D eigenvalue weighted by Crippen LogP contribution is -2.09. The average Bonchev–Trinajstić information content (AvgIpc) is 3.07. The van der Waals surface area contributed by atoms with Crippen molar-refractivity contribution in [3.05, 3.63) is 54.1 Å². The van der Waals surface area contributed by atoms with Crippen molar-refractivity contribution in [3.63, 3.8) is 0 Å². The van der Waals surface area contributed by atoms with Crippen molar-refractivity contribution in [1.29, 1.82) is 0 Å². The minimum Gasteiger partial charge on any atom is -0.493 e. The first-order valence-corrected chi connectivity index (χ1v) is 20.0. The van der Waals surface area contributed by atoms with Gasteiger partial charge in [-0.25, -0.2) is 4.79 Å². The largest absolute Gasteiger partial charge is 0.493 e. The van der Waals surface area contributed by atoms with Crippen LogP contribution in [0.4, 0.5) is 0 Å². The Bertz CT molecular complexity index is 842. The van der Waals surface area contributed by atoms with E-state index in [4.69, 9.17) is 9.47 Å². The highest BCUT2D eigenvalue weighted by molar-refractivity contribution is 5.92. The Morgan fingerprint density at radius 1 is 0.478 bits per heavy atom. The molecule has 0 bridgehead atoms. The number of hydrogen-bond acceptors (Lipinski definition) is 3. The molecule has 0 radical (unpaired) electrons. The van der Waals surface area contributed by atoms with E-state index in [2.05, 4.69) is 38.2 Å². The molecule has 0 unspecified atom stereocenters. The first-order valence-electron chi connectivity index (χ1n) is 20.0. The van der Waals surface area contributed by atoms with Crippen LogP contribution in [0.5, 0.6) is 5.75 Å². The van der Waals surface area contributed by atoms with Gasteiger partial charge in [0.2, 0.25) is 0 Å². The third-order valence-corrected chi connectivity index (χ3v) is 8.91. The topological polar surface area (TPSA) is 35.5 Å². The van der Waals surface area contributed by atoms with Gasteiger partial charge >= 0.3 is 5.97 Å². The van der Waals surface area contributed by atoms with Crippen LogP contribution in [0.1, 0.15) is 204 Å². The van der Waals surface area contributed by atoms with Crippen LogP contribution in [0.25, 0.3) is 0 Å². The van der Waals surface area contributed by atoms with Gasteiger partial charge in [0.15, 0.2) is 0 Å². The first kappa shape index (κ1) is 42.0. The Kier molecular flexibility index (Phi) is 31.3. The SMILES string of the molecule is CCCCCCCC/C=C\CCCCCCCCOC(=O)c1ccccc1OCCCCCCCC/C=C\CCCCCCCC. The van der Waals surface area contributed by atoms with Crippen LogP contribution in [0.3, 0.4) is 0 Å². The smallest absolute Gasteiger partial charge is 0.341 e. The maximum absolute atomic E-state index is 12.7. The summed E-state index contributed by atoms with van der Waals surface area (Å²) in [5, 5.41) is 0. The molecular weight excluding hydrogens is 564 g/mol. The first-order chi connectivity index (χ1) is 22.8. The molecule has 0 aliphatic heterocycles. The van der Waals surface area contributed by atoms with Crippen LogP contribution in [0, 0.1) is 0 Å². The number of esters is 1. The van der Waals surface area contributed by atoms with E-state index in [1.54, 1.807) is 0 Å². The summed E-state index contributed by atoms with van der Waals surface area (Å²) >= 11 is 0. The monoisotopic (exact) mass is 639 g/mol. The molecule has 1 aromatic rings. The summed E-state index contributed by atoms with van der Waals surface area (Å²) in [6.07, 6.45) is 45.5. The van der Waals surface area contributed by atoms with Crippen LogP contribution in [0.15, 0.2) is 48.6 Å². The average molecular weight is 639 g/mol. The number of hydrogen-bond donors (Lipinski definition) is 0. The van der Waals surface area contributed by atoms with Crippen LogP contribution >= 0.6 is 0 Å². The van der Waals surface area contributed by atoms with E-state index in [0.29, 0.717) is 24.5 Å². The number of carbonyl (C=O) groups excluding carboxylic acids is 1. The van der Waals surface area contributed by atoms with Crippen molar-refractivity contribution in [2.75, 3.05) is 13.2 Å². The maximum atomic E-state index is 12.7. The summed E-state index contributed by atoms with van der Waals surface area (Å²) in [7, 11) is 0. The normalized spacial score (nSPS) is 11.6. The molecule has 0 spiro atoms. The van der Waals surface area contributed by atoms with E-state index in [1.165, 1.54) is 161 Å². The summed E-state index contributed by atoms with van der Waals surface area (Å²) in [4.78, 5) is 12.7. The van der Waals surface area contributed by atoms with Gasteiger partial charge in [-0.05, 0) is 76.3 Å². The number of unbranched alkanes of at least 4 members (excludes halogenated alkanes) is 24. The summed E-state index contributed by atoms with van der Waals surface area (Å²) in [6.45, 7) is 5.70. The molecule has 0 saturated heterocycles. The zero-order chi connectivity index (χ0) is 33.0. The Morgan fingerprint density at radius 3 is 1.30 bits per heavy atom. The molecule has 1 aromatic carbocycles. The molecule has 3 heteroatoms. The second-order valence-corrected chi connectivity index (χ2v) is 13.4. The molecule has 46 heavy (non-hydrogen) atoms. The highest BCUT2D eigenvalue weighted by atomic mass is 16.5. The summed E-state index contributed by atoms with van der Waals surface area (Å²) in [5.41, 5.74) is 0.552. The standard InChI is InChI=1S/C43H74O3/c1-3-5-7-9-11-13-15-17-19-21-23-25-27-29-31-35-39-45-42-38-34-33-37-41(42)43(44)46-40-36-32-30-28-26-24-22-20-18-16-14-12-10-8-6-4-2/h17-20,33-34,37-38H,3-16,21-32,35-36,39-40H2,1-2H3/b19-17-,20-18-. The molecule has 0 aromatic heterocycles. The van der Waals surface area contributed by atoms with Gasteiger partial charge in [0.1, 0.15) is 11.3 Å². The molecule has 264 valence electrons. The predicted octanol–water partition coefficient (Wildman–Crippen LogP) is 14.3. The molecule has 0 amide bonds. The number of para-hydroxylation sites is 1. The lowest BCUT2D eigenvalue weighted by atomic mass is 10.1. The van der Waals surface area contributed by atoms with Gasteiger partial charge in [-0.2, -0.15) is 0 Å². The van der Waals surface area contributed by atoms with Gasteiger partial charge in [-0.1, -0.05) is 166 Å². The Morgan fingerprint density at radius 2 is 0.848 bits per heavy atom. The molecule has 0 aliphatic carbocycles. The van der Waals surface area contributed by atoms with Crippen molar-refractivity contribution in [1.82, 2.24) is 0 Å². The third kappa shape index (κ3) is 27.1. The quantitative estimate of drug-likeness (QED) is 0.0428. The molecule has 3 nitrogen and oxygen atoms in total. The zero-order valence-electron chi connectivity index (χ0n) is 30.6. The fraction of sp³-hybridized carbons (Fsp3) is 0.744. The van der Waals surface area contributed by atoms with Gasteiger partial charge in [-0.3, -0.25) is 0 Å². The van der Waals surface area contributed by atoms with E-state index in [-0.39, 0.29) is 5.97 Å². The van der Waals surface area contributed by atoms with Gasteiger partial charge in [0, 0.05) is 0 Å². The maximum Gasteiger partial charge on any atom is 0.341 e. The van der Waals surface area contributed by atoms with Gasteiger partial charge in [0.05, 0.1) is 13.2 Å². The van der Waals surface area contributed by atoms with E-state index in [0.717, 1.165) is 19.3 Å². The van der Waals surface area contributed by atoms with Gasteiger partial charge in [-0.15, -0.1) is 0 Å². The zero-order valence-corrected chi connectivity index (χ0v) is 30.6. The van der Waals surface area contributed by atoms with E-state index >= 15 is 0 Å².